The molecule has 0 radical (unpaired) electrons. The fourth-order valence-electron chi connectivity index (χ4n) is 2.70. The van der Waals surface area contributed by atoms with Crippen molar-refractivity contribution in [3.8, 4) is 0 Å². The number of nitrogens with zero attached hydrogens (tertiary/aromatic N) is 1. The van der Waals surface area contributed by atoms with Crippen molar-refractivity contribution in [2.75, 3.05) is 19.1 Å². The summed E-state index contributed by atoms with van der Waals surface area (Å²) in [7, 11) is -1.48. The number of likely N-dealkylation sites (N-methyl/N-ethyl adjacent to an activating group) is 1. The van der Waals surface area contributed by atoms with Gasteiger partial charge in [0.1, 0.15) is 15.4 Å². The monoisotopic (exact) mass is 283 g/mol. The van der Waals surface area contributed by atoms with Crippen LogP contribution in [0.4, 0.5) is 0 Å². The third kappa shape index (κ3) is 2.37. The van der Waals surface area contributed by atoms with Crippen LogP contribution in [-0.4, -0.2) is 43.4 Å². The molecule has 1 N–H and O–H groups in total. The predicted molar refractivity (Wildman–Crippen MR) is 71.6 cm³/mol. The van der Waals surface area contributed by atoms with Crippen LogP contribution in [-0.2, 0) is 26.7 Å². The van der Waals surface area contributed by atoms with Crippen molar-refractivity contribution >= 4 is 15.8 Å². The van der Waals surface area contributed by atoms with Crippen LogP contribution in [0, 0.1) is 0 Å². The van der Waals surface area contributed by atoms with Gasteiger partial charge in [-0.1, -0.05) is 24.3 Å². The second-order valence-electron chi connectivity index (χ2n) is 5.06. The second kappa shape index (κ2) is 4.61. The summed E-state index contributed by atoms with van der Waals surface area (Å²) in [5.41, 5.74) is 0.411. The van der Waals surface area contributed by atoms with Crippen LogP contribution in [0.15, 0.2) is 24.3 Å². The maximum Gasteiger partial charge on any atom is 0.328 e. The van der Waals surface area contributed by atoms with Crippen LogP contribution >= 0.6 is 0 Å². The predicted octanol–water partition coefficient (Wildman–Crippen LogP) is 0.847. The van der Waals surface area contributed by atoms with E-state index in [1.165, 1.54) is 0 Å². The Kier molecular flexibility index (Phi) is 3.40. The molecular formula is C13H17NO4S. The van der Waals surface area contributed by atoms with Crippen LogP contribution in [0.25, 0.3) is 0 Å². The molecule has 0 spiro atoms. The van der Waals surface area contributed by atoms with Gasteiger partial charge in [-0.05, 0) is 24.6 Å². The Hall–Kier alpha value is -1.40. The van der Waals surface area contributed by atoms with Gasteiger partial charge in [-0.15, -0.1) is 0 Å². The zero-order chi connectivity index (χ0) is 14.3. The van der Waals surface area contributed by atoms with Gasteiger partial charge < -0.3 is 5.11 Å². The van der Waals surface area contributed by atoms with E-state index in [-0.39, 0.29) is 12.2 Å². The maximum absolute atomic E-state index is 11.8. The normalized spacial score (nSPS) is 23.3. The number of hydrogen-bond acceptors (Lipinski definition) is 4. The molecule has 0 saturated carbocycles. The smallest absolute Gasteiger partial charge is 0.328 e. The first kappa shape index (κ1) is 14.0. The van der Waals surface area contributed by atoms with Crippen LogP contribution in [0.1, 0.15) is 17.5 Å². The molecule has 5 nitrogen and oxygen atoms in total. The fraction of sp³-hybridized carbons (Fsp3) is 0.462. The van der Waals surface area contributed by atoms with Gasteiger partial charge in [-0.2, -0.15) is 0 Å². The van der Waals surface area contributed by atoms with Crippen molar-refractivity contribution < 1.29 is 18.3 Å². The number of hydrogen-bond donors (Lipinski definition) is 1. The molecule has 0 fully saturated rings. The van der Waals surface area contributed by atoms with E-state index in [9.17, 15) is 18.3 Å². The number of carbonyl (C=O) groups is 1. The molecule has 2 rings (SSSR count). The van der Waals surface area contributed by atoms with E-state index in [0.29, 0.717) is 12.1 Å². The first-order valence-electron chi connectivity index (χ1n) is 5.98. The Morgan fingerprint density at radius 3 is 2.63 bits per heavy atom. The van der Waals surface area contributed by atoms with E-state index < -0.39 is 21.3 Å². The summed E-state index contributed by atoms with van der Waals surface area (Å²) in [6.07, 6.45) is 1.19. The highest BCUT2D eigenvalue weighted by atomic mass is 32.2. The van der Waals surface area contributed by atoms with Gasteiger partial charge >= 0.3 is 5.97 Å². The Morgan fingerprint density at radius 1 is 1.42 bits per heavy atom. The van der Waals surface area contributed by atoms with E-state index in [2.05, 4.69) is 0 Å². The molecule has 0 amide bonds. The van der Waals surface area contributed by atoms with Gasteiger partial charge in [-0.3, -0.25) is 4.90 Å². The molecule has 104 valence electrons. The van der Waals surface area contributed by atoms with Gasteiger partial charge in [-0.25, -0.2) is 13.2 Å². The Morgan fingerprint density at radius 2 is 2.05 bits per heavy atom. The molecule has 1 atom stereocenters. The Labute approximate surface area is 112 Å². The zero-order valence-electron chi connectivity index (χ0n) is 11.0. The minimum atomic E-state index is -3.20. The molecule has 6 heteroatoms. The third-order valence-electron chi connectivity index (χ3n) is 3.71. The fourth-order valence-corrected chi connectivity index (χ4v) is 3.37. The van der Waals surface area contributed by atoms with Gasteiger partial charge in [0.05, 0.1) is 5.75 Å². The highest BCUT2D eigenvalue weighted by molar-refractivity contribution is 7.90. The van der Waals surface area contributed by atoms with Gasteiger partial charge in [0.25, 0.3) is 0 Å². The summed E-state index contributed by atoms with van der Waals surface area (Å²) in [5, 5.41) is 9.64. The van der Waals surface area contributed by atoms with Gasteiger partial charge in [0, 0.05) is 12.8 Å². The quantitative estimate of drug-likeness (QED) is 0.886. The van der Waals surface area contributed by atoms with Crippen molar-refractivity contribution in [2.24, 2.45) is 0 Å². The second-order valence-corrected chi connectivity index (χ2v) is 7.32. The standard InChI is InChI=1S/C13H17NO4S/c1-14-9-10-5-3-4-6-11(10)13(14,12(15)16)7-8-19(2,17)18/h3-6H,7-9H2,1-2H3,(H,15,16). The summed E-state index contributed by atoms with van der Waals surface area (Å²) < 4.78 is 22.7. The molecule has 0 bridgehead atoms. The Bertz CT molecular complexity index is 611. The van der Waals surface area contributed by atoms with E-state index in [4.69, 9.17) is 0 Å². The minimum Gasteiger partial charge on any atom is -0.480 e. The topological polar surface area (TPSA) is 74.7 Å². The first-order valence-corrected chi connectivity index (χ1v) is 8.04. The van der Waals surface area contributed by atoms with E-state index >= 15 is 0 Å². The molecule has 0 aromatic heterocycles. The minimum absolute atomic E-state index is 0.0642. The highest BCUT2D eigenvalue weighted by Crippen LogP contribution is 2.41. The third-order valence-corrected chi connectivity index (χ3v) is 4.66. The van der Waals surface area contributed by atoms with Crippen molar-refractivity contribution in [3.63, 3.8) is 0 Å². The average molecular weight is 283 g/mol. The molecule has 1 unspecified atom stereocenters. The summed E-state index contributed by atoms with van der Waals surface area (Å²) in [6, 6.07) is 7.31. The number of rotatable bonds is 4. The molecule has 1 aromatic rings. The van der Waals surface area contributed by atoms with E-state index in [0.717, 1.165) is 11.8 Å². The SMILES string of the molecule is CN1Cc2ccccc2C1(CCS(C)(=O)=O)C(=O)O. The molecule has 1 aliphatic rings. The highest BCUT2D eigenvalue weighted by Gasteiger charge is 2.49. The van der Waals surface area contributed by atoms with Gasteiger partial charge in [0.2, 0.25) is 0 Å². The zero-order valence-corrected chi connectivity index (χ0v) is 11.8. The maximum atomic E-state index is 11.8. The lowest BCUT2D eigenvalue weighted by Crippen LogP contribution is -2.46. The Balaban J connectivity index is 2.48. The molecule has 1 aliphatic heterocycles. The van der Waals surface area contributed by atoms with Crippen LogP contribution < -0.4 is 0 Å². The number of fused-ring (bicyclic) bond motifs is 1. The molecule has 0 saturated heterocycles. The number of aliphatic carboxylic acids is 1. The number of benzene rings is 1. The van der Waals surface area contributed by atoms with Crippen molar-refractivity contribution in [2.45, 2.75) is 18.5 Å². The van der Waals surface area contributed by atoms with Crippen molar-refractivity contribution in [1.29, 1.82) is 0 Å². The lowest BCUT2D eigenvalue weighted by molar-refractivity contribution is -0.151. The van der Waals surface area contributed by atoms with Crippen LogP contribution in [0.5, 0.6) is 0 Å². The lowest BCUT2D eigenvalue weighted by atomic mass is 9.87. The summed E-state index contributed by atoms with van der Waals surface area (Å²) in [5.74, 6) is -1.14. The molecule has 1 heterocycles. The number of sulfone groups is 1. The largest absolute Gasteiger partial charge is 0.480 e. The summed E-state index contributed by atoms with van der Waals surface area (Å²) >= 11 is 0. The van der Waals surface area contributed by atoms with Crippen molar-refractivity contribution in [1.82, 2.24) is 4.90 Å². The van der Waals surface area contributed by atoms with Crippen LogP contribution in [0.3, 0.4) is 0 Å². The van der Waals surface area contributed by atoms with Crippen molar-refractivity contribution in [3.05, 3.63) is 35.4 Å². The molecule has 19 heavy (non-hydrogen) atoms. The first-order chi connectivity index (χ1) is 8.77. The molecular weight excluding hydrogens is 266 g/mol. The average Bonchev–Trinajstić information content (AvgIpc) is 2.58. The molecule has 0 aliphatic carbocycles. The van der Waals surface area contributed by atoms with Gasteiger partial charge in [0.15, 0.2) is 0 Å². The van der Waals surface area contributed by atoms with E-state index in [1.807, 2.05) is 12.1 Å². The summed E-state index contributed by atoms with van der Waals surface area (Å²) in [4.78, 5) is 13.5. The van der Waals surface area contributed by atoms with Crippen LogP contribution in [0.2, 0.25) is 0 Å². The summed E-state index contributed by atoms with van der Waals surface area (Å²) in [6.45, 7) is 0.520. The lowest BCUT2D eigenvalue weighted by Gasteiger charge is -2.32. The van der Waals surface area contributed by atoms with E-state index in [1.54, 1.807) is 24.1 Å². The number of carboxylic acids is 1. The molecule has 1 aromatic carbocycles. The number of carboxylic acid groups (broad SMARTS) is 1.